The van der Waals surface area contributed by atoms with Gasteiger partial charge in [-0.1, -0.05) is 78.4 Å². The van der Waals surface area contributed by atoms with Gasteiger partial charge in [0.05, 0.1) is 17.5 Å². The Hall–Kier alpha value is -2.47. The molecule has 0 aromatic heterocycles. The third kappa shape index (κ3) is 3.18. The average molecular weight is 420 g/mol. The van der Waals surface area contributed by atoms with E-state index in [1.165, 1.54) is 0 Å². The van der Waals surface area contributed by atoms with E-state index in [0.717, 1.165) is 29.5 Å². The van der Waals surface area contributed by atoms with Gasteiger partial charge in [-0.05, 0) is 43.0 Å². The van der Waals surface area contributed by atoms with Crippen molar-refractivity contribution in [2.24, 2.45) is 5.41 Å². The molecule has 2 fully saturated rings. The van der Waals surface area contributed by atoms with Crippen LogP contribution in [0.4, 0.5) is 0 Å². The minimum atomic E-state index is -3.69. The summed E-state index contributed by atoms with van der Waals surface area (Å²) in [5.41, 5.74) is 2.98. The first kappa shape index (κ1) is 19.5. The van der Waals surface area contributed by atoms with Crippen molar-refractivity contribution in [1.82, 2.24) is 4.31 Å². The van der Waals surface area contributed by atoms with Crippen LogP contribution in [0.5, 0.6) is 0 Å². The van der Waals surface area contributed by atoms with Crippen LogP contribution in [0.15, 0.2) is 89.8 Å². The van der Waals surface area contributed by atoms with Crippen LogP contribution >= 0.6 is 0 Å². The molecule has 1 heterocycles. The Kier molecular flexibility index (Phi) is 4.77. The highest BCUT2D eigenvalue weighted by Gasteiger charge is 2.72. The van der Waals surface area contributed by atoms with E-state index in [2.05, 4.69) is 0 Å². The molecule has 3 aromatic rings. The van der Waals surface area contributed by atoms with Crippen molar-refractivity contribution in [3.05, 3.63) is 102 Å². The van der Waals surface area contributed by atoms with Gasteiger partial charge in [0, 0.05) is 5.41 Å². The molecule has 0 unspecified atom stereocenters. The lowest BCUT2D eigenvalue weighted by Crippen LogP contribution is -2.63. The normalized spacial score (nSPS) is 22.6. The lowest BCUT2D eigenvalue weighted by molar-refractivity contribution is -0.184. The van der Waals surface area contributed by atoms with E-state index in [-0.39, 0.29) is 11.5 Å². The van der Waals surface area contributed by atoms with Gasteiger partial charge in [0.15, 0.2) is 0 Å². The molecule has 5 rings (SSSR count). The van der Waals surface area contributed by atoms with Crippen molar-refractivity contribution in [3.8, 4) is 0 Å². The van der Waals surface area contributed by atoms with E-state index >= 15 is 0 Å². The highest BCUT2D eigenvalue weighted by molar-refractivity contribution is 7.89. The molecule has 154 valence electrons. The quantitative estimate of drug-likeness (QED) is 0.561. The fourth-order valence-electron chi connectivity index (χ4n) is 4.56. The van der Waals surface area contributed by atoms with E-state index in [1.54, 1.807) is 16.4 Å². The molecular weight excluding hydrogens is 394 g/mol. The van der Waals surface area contributed by atoms with Crippen molar-refractivity contribution in [1.29, 1.82) is 0 Å². The summed E-state index contributed by atoms with van der Waals surface area (Å²) in [6.45, 7) is 2.35. The van der Waals surface area contributed by atoms with Gasteiger partial charge in [0.1, 0.15) is 6.23 Å². The van der Waals surface area contributed by atoms with Crippen LogP contribution < -0.4 is 0 Å². The minimum Gasteiger partial charge on any atom is -0.357 e. The van der Waals surface area contributed by atoms with E-state index in [0.29, 0.717) is 11.5 Å². The standard InChI is InChI=1S/C25H25NO3S/c1-19-12-14-22(15-13-19)30(27,28)26-23(21-10-6-3-7-11-21)25(16-17-25)24(26)29-18-20-8-4-2-5-9-20/h2-15,23-24H,16-18H2,1H3/t23-,24+/m1/s1. The highest BCUT2D eigenvalue weighted by Crippen LogP contribution is 2.70. The molecule has 30 heavy (non-hydrogen) atoms. The van der Waals surface area contributed by atoms with Crippen LogP contribution in [0.25, 0.3) is 0 Å². The molecule has 1 spiro atoms. The lowest BCUT2D eigenvalue weighted by Gasteiger charge is -2.54. The Morgan fingerprint density at radius 2 is 1.50 bits per heavy atom. The summed E-state index contributed by atoms with van der Waals surface area (Å²) >= 11 is 0. The number of hydrogen-bond acceptors (Lipinski definition) is 3. The summed E-state index contributed by atoms with van der Waals surface area (Å²) in [7, 11) is -3.69. The molecule has 5 heteroatoms. The fraction of sp³-hybridized carbons (Fsp3) is 0.280. The Labute approximate surface area is 178 Å². The van der Waals surface area contributed by atoms with Crippen LogP contribution in [-0.2, 0) is 21.4 Å². The molecule has 0 N–H and O–H groups in total. The lowest BCUT2D eigenvalue weighted by atomic mass is 9.80. The van der Waals surface area contributed by atoms with Crippen molar-refractivity contribution in [3.63, 3.8) is 0 Å². The van der Waals surface area contributed by atoms with E-state index in [1.807, 2.05) is 79.7 Å². The first-order valence-corrected chi connectivity index (χ1v) is 11.8. The zero-order valence-corrected chi connectivity index (χ0v) is 17.8. The van der Waals surface area contributed by atoms with Crippen LogP contribution in [0.3, 0.4) is 0 Å². The van der Waals surface area contributed by atoms with Crippen molar-refractivity contribution < 1.29 is 13.2 Å². The van der Waals surface area contributed by atoms with Crippen molar-refractivity contribution in [2.45, 2.75) is 43.5 Å². The fourth-order valence-corrected chi connectivity index (χ4v) is 6.42. The molecule has 1 aliphatic heterocycles. The molecule has 4 nitrogen and oxygen atoms in total. The van der Waals surface area contributed by atoms with E-state index in [9.17, 15) is 8.42 Å². The molecule has 3 aromatic carbocycles. The van der Waals surface area contributed by atoms with E-state index in [4.69, 9.17) is 4.74 Å². The SMILES string of the molecule is Cc1ccc(S(=O)(=O)N2[C@@H](OCc3ccccc3)C3(CC3)[C@H]2c2ccccc2)cc1. The summed E-state index contributed by atoms with van der Waals surface area (Å²) in [6.07, 6.45) is 1.51. The van der Waals surface area contributed by atoms with Gasteiger partial charge in [-0.25, -0.2) is 8.42 Å². The number of nitrogens with zero attached hydrogens (tertiary/aromatic N) is 1. The Morgan fingerprint density at radius 1 is 0.900 bits per heavy atom. The number of benzene rings is 3. The molecule has 1 saturated carbocycles. The molecular formula is C25H25NO3S. The highest BCUT2D eigenvalue weighted by atomic mass is 32.2. The predicted molar refractivity (Wildman–Crippen MR) is 116 cm³/mol. The summed E-state index contributed by atoms with van der Waals surface area (Å²) in [5, 5.41) is 0. The van der Waals surface area contributed by atoms with Gasteiger partial charge >= 0.3 is 0 Å². The van der Waals surface area contributed by atoms with E-state index < -0.39 is 16.3 Å². The van der Waals surface area contributed by atoms with Gasteiger partial charge in [0.25, 0.3) is 0 Å². The smallest absolute Gasteiger partial charge is 0.245 e. The zero-order chi connectivity index (χ0) is 20.8. The summed E-state index contributed by atoms with van der Waals surface area (Å²) in [5.74, 6) is 0. The monoisotopic (exact) mass is 419 g/mol. The molecule has 0 bridgehead atoms. The molecule has 0 amide bonds. The first-order valence-electron chi connectivity index (χ1n) is 10.3. The predicted octanol–water partition coefficient (Wildman–Crippen LogP) is 5.06. The van der Waals surface area contributed by atoms with Crippen molar-refractivity contribution in [2.75, 3.05) is 0 Å². The second-order valence-electron chi connectivity index (χ2n) is 8.34. The number of ether oxygens (including phenoxy) is 1. The Bertz CT molecular complexity index is 1120. The van der Waals surface area contributed by atoms with Gasteiger partial charge in [0.2, 0.25) is 10.0 Å². The maximum Gasteiger partial charge on any atom is 0.245 e. The first-order chi connectivity index (χ1) is 14.5. The van der Waals surface area contributed by atoms with Gasteiger partial charge in [-0.3, -0.25) is 0 Å². The number of aryl methyl sites for hydroxylation is 1. The molecule has 1 saturated heterocycles. The van der Waals surface area contributed by atoms with Crippen molar-refractivity contribution >= 4 is 10.0 Å². The molecule has 2 atom stereocenters. The Morgan fingerprint density at radius 3 is 2.10 bits per heavy atom. The maximum absolute atomic E-state index is 13.7. The number of rotatable bonds is 6. The third-order valence-electron chi connectivity index (χ3n) is 6.31. The van der Waals surface area contributed by atoms with Gasteiger partial charge < -0.3 is 4.74 Å². The second kappa shape index (κ2) is 7.34. The largest absolute Gasteiger partial charge is 0.357 e. The minimum absolute atomic E-state index is 0.131. The topological polar surface area (TPSA) is 46.6 Å². The van der Waals surface area contributed by atoms with Crippen LogP contribution in [0.1, 0.15) is 35.6 Å². The Balaban J connectivity index is 1.51. The summed E-state index contributed by atoms with van der Waals surface area (Å²) in [4.78, 5) is 0.317. The van der Waals surface area contributed by atoms with Crippen LogP contribution in [0.2, 0.25) is 0 Å². The summed E-state index contributed by atoms with van der Waals surface area (Å²) in [6, 6.07) is 26.8. The third-order valence-corrected chi connectivity index (χ3v) is 8.14. The second-order valence-corrected chi connectivity index (χ2v) is 10.2. The molecule has 2 aliphatic rings. The van der Waals surface area contributed by atoms with Gasteiger partial charge in [-0.15, -0.1) is 0 Å². The maximum atomic E-state index is 13.7. The number of sulfonamides is 1. The number of hydrogen-bond donors (Lipinski definition) is 0. The van der Waals surface area contributed by atoms with Crippen LogP contribution in [0, 0.1) is 12.3 Å². The molecule has 1 aliphatic carbocycles. The summed E-state index contributed by atoms with van der Waals surface area (Å²) < 4.78 is 35.3. The van der Waals surface area contributed by atoms with Crippen LogP contribution in [-0.4, -0.2) is 19.0 Å². The molecule has 0 radical (unpaired) electrons. The zero-order valence-electron chi connectivity index (χ0n) is 16.9. The average Bonchev–Trinajstić information content (AvgIpc) is 3.57. The van der Waals surface area contributed by atoms with Gasteiger partial charge in [-0.2, -0.15) is 4.31 Å².